The molecule has 34 heavy (non-hydrogen) atoms. The summed E-state index contributed by atoms with van der Waals surface area (Å²) in [6.45, 7) is 9.12. The van der Waals surface area contributed by atoms with Crippen molar-refractivity contribution in [2.75, 3.05) is 39.6 Å². The fraction of sp³-hybridized carbons (Fsp3) is 1.00. The Labute approximate surface area is 255 Å². The second kappa shape index (κ2) is 36.9. The Morgan fingerprint density at radius 3 is 0.912 bits per heavy atom. The van der Waals surface area contributed by atoms with Crippen LogP contribution in [0.3, 0.4) is 0 Å². The monoisotopic (exact) mass is 528 g/mol. The van der Waals surface area contributed by atoms with E-state index < -0.39 is 10.4 Å². The van der Waals surface area contributed by atoms with E-state index in [1.54, 1.807) is 0 Å². The summed E-state index contributed by atoms with van der Waals surface area (Å²) in [4.78, 5) is 0. The summed E-state index contributed by atoms with van der Waals surface area (Å²) in [5.41, 5.74) is 0. The van der Waals surface area contributed by atoms with Gasteiger partial charge in [-0.25, -0.2) is 0 Å². The fourth-order valence-corrected chi connectivity index (χ4v) is 3.22. The van der Waals surface area contributed by atoms with E-state index in [2.05, 4.69) is 13.8 Å². The van der Waals surface area contributed by atoms with Crippen molar-refractivity contribution in [2.45, 2.75) is 117 Å². The van der Waals surface area contributed by atoms with Crippen LogP contribution in [-0.2, 0) is 24.6 Å². The first-order valence-electron chi connectivity index (χ1n) is 12.8. The number of hydrogen-bond acceptors (Lipinski definition) is 7. The van der Waals surface area contributed by atoms with Gasteiger partial charge in [0.2, 0.25) is 0 Å². The molecule has 0 aliphatic rings. The quantitative estimate of drug-likeness (QED) is 0.0750. The minimum absolute atomic E-state index is 0. The van der Waals surface area contributed by atoms with Crippen LogP contribution in [0.2, 0.25) is 0 Å². The Bertz CT molecular complexity index is 409. The smallest absolute Gasteiger partial charge is 0.759 e. The van der Waals surface area contributed by atoms with Gasteiger partial charge in [-0.15, -0.1) is 0 Å². The summed E-state index contributed by atoms with van der Waals surface area (Å²) in [6.07, 6.45) is 21.6. The Morgan fingerprint density at radius 2 is 0.647 bits per heavy atom. The van der Waals surface area contributed by atoms with Gasteiger partial charge < -0.3 is 23.3 Å². The first-order valence-corrected chi connectivity index (χ1v) is 14.1. The molecule has 0 saturated carbocycles. The van der Waals surface area contributed by atoms with Crippen LogP contribution < -0.4 is 59.1 Å². The molecule has 0 saturated heterocycles. The molecule has 10 heteroatoms. The molecule has 0 N–H and O–H groups in total. The fourth-order valence-electron chi connectivity index (χ4n) is 3.22. The van der Waals surface area contributed by atoms with Crippen molar-refractivity contribution in [3.05, 3.63) is 0 Å². The van der Waals surface area contributed by atoms with Gasteiger partial charge in [0.1, 0.15) is 0 Å². The van der Waals surface area contributed by atoms with Crippen LogP contribution in [0.15, 0.2) is 0 Å². The molecule has 0 amide bonds. The van der Waals surface area contributed by atoms with E-state index in [1.807, 2.05) is 0 Å². The molecule has 0 bridgehead atoms. The maximum atomic E-state index is 8.52. The molecule has 0 aliphatic heterocycles. The molecule has 0 aromatic carbocycles. The molecule has 0 radical (unpaired) electrons. The maximum Gasteiger partial charge on any atom is 1.00 e. The third-order valence-corrected chi connectivity index (χ3v) is 5.03. The molecule has 0 unspecified atom stereocenters. The average Bonchev–Trinajstić information content (AvgIpc) is 2.73. The minimum atomic E-state index is -5.17. The van der Waals surface area contributed by atoms with E-state index in [0.29, 0.717) is 26.4 Å². The third kappa shape index (κ3) is 54.6. The van der Waals surface area contributed by atoms with Crippen LogP contribution in [0.25, 0.3) is 0 Å². The molecular weight excluding hydrogens is 478 g/mol. The van der Waals surface area contributed by atoms with Crippen molar-refractivity contribution < 1.29 is 90.8 Å². The van der Waals surface area contributed by atoms with Crippen molar-refractivity contribution in [3.63, 3.8) is 0 Å². The standard InChI is InChI=1S/C24H50O3.2Na.H2O4S/c1-3-5-7-9-11-13-15-17-19-25-21-23-27-24-22-26-20-18-16-14-12-10-8-6-4-2;;;1-5(2,3)4/h3-24H2,1-2H3;;;(H2,1,2,3,4)/q;2*+1;/p-2. The summed E-state index contributed by atoms with van der Waals surface area (Å²) < 4.78 is 50.9. The van der Waals surface area contributed by atoms with Crippen molar-refractivity contribution in [2.24, 2.45) is 0 Å². The predicted molar refractivity (Wildman–Crippen MR) is 128 cm³/mol. The van der Waals surface area contributed by atoms with Crippen LogP contribution in [0.1, 0.15) is 117 Å². The van der Waals surface area contributed by atoms with Gasteiger partial charge in [-0.3, -0.25) is 8.42 Å². The minimum Gasteiger partial charge on any atom is -0.759 e. The summed E-state index contributed by atoms with van der Waals surface area (Å²) in [7, 11) is -5.17. The molecule has 0 aromatic heterocycles. The van der Waals surface area contributed by atoms with Gasteiger partial charge in [0.15, 0.2) is 0 Å². The van der Waals surface area contributed by atoms with E-state index in [0.717, 1.165) is 13.2 Å². The van der Waals surface area contributed by atoms with Gasteiger partial charge in [0, 0.05) is 23.6 Å². The van der Waals surface area contributed by atoms with E-state index in [-0.39, 0.29) is 59.1 Å². The zero-order valence-electron chi connectivity index (χ0n) is 22.8. The Hall–Kier alpha value is 1.75. The molecular formula is C24H50Na2O7S. The molecule has 7 nitrogen and oxygen atoms in total. The van der Waals surface area contributed by atoms with Crippen LogP contribution in [-0.4, -0.2) is 57.2 Å². The topological polar surface area (TPSA) is 108 Å². The van der Waals surface area contributed by atoms with Crippen LogP contribution in [0.5, 0.6) is 0 Å². The number of rotatable bonds is 24. The molecule has 0 aromatic rings. The van der Waals surface area contributed by atoms with Gasteiger partial charge in [-0.05, 0) is 12.8 Å². The number of ether oxygens (including phenoxy) is 3. The Kier molecular flexibility index (Phi) is 46.5. The van der Waals surface area contributed by atoms with E-state index in [9.17, 15) is 0 Å². The third-order valence-electron chi connectivity index (χ3n) is 5.03. The van der Waals surface area contributed by atoms with Crippen molar-refractivity contribution in [3.8, 4) is 0 Å². The predicted octanol–water partition coefficient (Wildman–Crippen LogP) is -0.0124. The summed E-state index contributed by atoms with van der Waals surface area (Å²) >= 11 is 0. The second-order valence-electron chi connectivity index (χ2n) is 8.20. The van der Waals surface area contributed by atoms with Crippen LogP contribution >= 0.6 is 0 Å². The van der Waals surface area contributed by atoms with E-state index >= 15 is 0 Å². The van der Waals surface area contributed by atoms with Gasteiger partial charge in [0.05, 0.1) is 26.4 Å². The van der Waals surface area contributed by atoms with Gasteiger partial charge >= 0.3 is 59.1 Å². The maximum absolute atomic E-state index is 8.52. The zero-order chi connectivity index (χ0) is 24.2. The largest absolute Gasteiger partial charge is 1.00 e. The summed E-state index contributed by atoms with van der Waals surface area (Å²) in [5, 5.41) is 0. The van der Waals surface area contributed by atoms with Gasteiger partial charge in [0.25, 0.3) is 0 Å². The van der Waals surface area contributed by atoms with E-state index in [4.69, 9.17) is 31.7 Å². The van der Waals surface area contributed by atoms with Crippen molar-refractivity contribution in [1.82, 2.24) is 0 Å². The molecule has 0 heterocycles. The molecule has 196 valence electrons. The average molecular weight is 529 g/mol. The van der Waals surface area contributed by atoms with Crippen LogP contribution in [0, 0.1) is 0 Å². The molecule has 0 spiro atoms. The van der Waals surface area contributed by atoms with Crippen molar-refractivity contribution >= 4 is 10.4 Å². The molecule has 0 atom stereocenters. The van der Waals surface area contributed by atoms with Crippen LogP contribution in [0.4, 0.5) is 0 Å². The Balaban J connectivity index is -0.000000578. The Morgan fingerprint density at radius 1 is 0.441 bits per heavy atom. The number of hydrogen-bond donors (Lipinski definition) is 0. The molecule has 0 fully saturated rings. The van der Waals surface area contributed by atoms with Gasteiger partial charge in [-0.1, -0.05) is 104 Å². The first-order chi connectivity index (χ1) is 15.4. The van der Waals surface area contributed by atoms with Crippen molar-refractivity contribution in [1.29, 1.82) is 0 Å². The summed E-state index contributed by atoms with van der Waals surface area (Å²) in [6, 6.07) is 0. The van der Waals surface area contributed by atoms with Gasteiger partial charge in [-0.2, -0.15) is 0 Å². The molecule has 0 rings (SSSR count). The summed E-state index contributed by atoms with van der Waals surface area (Å²) in [5.74, 6) is 0. The SMILES string of the molecule is CCCCCCCCCCOCCOCCOCCCCCCCCCC.O=S(=O)([O-])[O-].[Na+].[Na+]. The normalized spacial score (nSPS) is 10.7. The first kappa shape index (κ1) is 42.8. The van der Waals surface area contributed by atoms with E-state index in [1.165, 1.54) is 103 Å². The second-order valence-corrected chi connectivity index (χ2v) is 9.01. The number of unbranched alkanes of at least 4 members (excludes halogenated alkanes) is 14. The zero-order valence-corrected chi connectivity index (χ0v) is 27.6. The molecule has 0 aliphatic carbocycles.